The van der Waals surface area contributed by atoms with Gasteiger partial charge in [-0.2, -0.15) is 0 Å². The standard InChI is InChI=1S/C19H24N4O/c1-14(2)16-9-6-10-17(13-16)23-19(20)22-12-11-21-18(24)15-7-4-3-5-8-15/h3-10,13-14H,11-12H2,1-2H3,(H,21,24)(H3,20,22,23). The molecule has 2 aromatic rings. The van der Waals surface area contributed by atoms with Crippen LogP contribution in [0.5, 0.6) is 0 Å². The van der Waals surface area contributed by atoms with Gasteiger partial charge in [0.05, 0.1) is 6.54 Å². The third-order valence-electron chi connectivity index (χ3n) is 3.54. The largest absolute Gasteiger partial charge is 0.370 e. The first-order chi connectivity index (χ1) is 11.6. The van der Waals surface area contributed by atoms with E-state index < -0.39 is 0 Å². The van der Waals surface area contributed by atoms with E-state index in [0.717, 1.165) is 5.69 Å². The van der Waals surface area contributed by atoms with E-state index in [4.69, 9.17) is 5.73 Å². The number of carbonyl (C=O) groups excluding carboxylic acids is 1. The fourth-order valence-electron chi connectivity index (χ4n) is 2.20. The van der Waals surface area contributed by atoms with Crippen LogP contribution in [0.4, 0.5) is 5.69 Å². The molecule has 1 amide bonds. The Morgan fingerprint density at radius 1 is 1.12 bits per heavy atom. The average Bonchev–Trinajstić information content (AvgIpc) is 2.59. The smallest absolute Gasteiger partial charge is 0.251 e. The van der Waals surface area contributed by atoms with Gasteiger partial charge in [0, 0.05) is 17.8 Å². The summed E-state index contributed by atoms with van der Waals surface area (Å²) in [6.07, 6.45) is 0. The zero-order valence-electron chi connectivity index (χ0n) is 14.1. The van der Waals surface area contributed by atoms with Crippen LogP contribution in [0.25, 0.3) is 0 Å². The van der Waals surface area contributed by atoms with Gasteiger partial charge in [-0.1, -0.05) is 44.2 Å². The summed E-state index contributed by atoms with van der Waals surface area (Å²) >= 11 is 0. The molecule has 0 saturated heterocycles. The lowest BCUT2D eigenvalue weighted by atomic mass is 10.0. The summed E-state index contributed by atoms with van der Waals surface area (Å²) in [5, 5.41) is 5.88. The summed E-state index contributed by atoms with van der Waals surface area (Å²) in [6, 6.07) is 17.2. The lowest BCUT2D eigenvalue weighted by molar-refractivity contribution is 0.0955. The number of anilines is 1. The average molecular weight is 324 g/mol. The molecule has 0 fully saturated rings. The Kier molecular flexibility index (Phi) is 6.37. The first-order valence-electron chi connectivity index (χ1n) is 8.06. The monoisotopic (exact) mass is 324 g/mol. The Morgan fingerprint density at radius 3 is 2.58 bits per heavy atom. The molecule has 0 heterocycles. The highest BCUT2D eigenvalue weighted by Crippen LogP contribution is 2.18. The molecule has 0 saturated carbocycles. The summed E-state index contributed by atoms with van der Waals surface area (Å²) in [4.78, 5) is 16.1. The molecule has 0 atom stereocenters. The molecular formula is C19H24N4O. The second kappa shape index (κ2) is 8.72. The third kappa shape index (κ3) is 5.43. The molecule has 5 nitrogen and oxygen atoms in total. The first kappa shape index (κ1) is 17.5. The van der Waals surface area contributed by atoms with E-state index in [-0.39, 0.29) is 5.91 Å². The minimum absolute atomic E-state index is 0.109. The summed E-state index contributed by atoms with van der Waals surface area (Å²) in [5.41, 5.74) is 8.67. The van der Waals surface area contributed by atoms with Gasteiger partial charge in [-0.15, -0.1) is 0 Å². The molecular weight excluding hydrogens is 300 g/mol. The molecule has 0 aliphatic heterocycles. The van der Waals surface area contributed by atoms with Crippen molar-refractivity contribution in [2.24, 2.45) is 10.7 Å². The predicted octanol–water partition coefficient (Wildman–Crippen LogP) is 2.97. The summed E-state index contributed by atoms with van der Waals surface area (Å²) in [7, 11) is 0. The molecule has 2 aromatic carbocycles. The van der Waals surface area contributed by atoms with E-state index in [1.807, 2.05) is 30.3 Å². The number of aliphatic imine (C=N–C) groups is 1. The number of rotatable bonds is 6. The van der Waals surface area contributed by atoms with Gasteiger partial charge in [0.25, 0.3) is 5.91 Å². The SMILES string of the molecule is CC(C)c1cccc(NC(N)=NCCNC(=O)c2ccccc2)c1. The molecule has 0 spiro atoms. The lowest BCUT2D eigenvalue weighted by Gasteiger charge is -2.10. The van der Waals surface area contributed by atoms with Crippen LogP contribution in [0.3, 0.4) is 0 Å². The van der Waals surface area contributed by atoms with Gasteiger partial charge in [-0.3, -0.25) is 9.79 Å². The number of hydrogen-bond acceptors (Lipinski definition) is 2. The molecule has 0 aromatic heterocycles. The van der Waals surface area contributed by atoms with Gasteiger partial charge in [-0.25, -0.2) is 0 Å². The second-order valence-electron chi connectivity index (χ2n) is 5.79. The normalized spacial score (nSPS) is 11.4. The number of benzene rings is 2. The summed E-state index contributed by atoms with van der Waals surface area (Å²) in [5.74, 6) is 0.685. The highest BCUT2D eigenvalue weighted by atomic mass is 16.1. The zero-order chi connectivity index (χ0) is 17.4. The van der Waals surface area contributed by atoms with Crippen molar-refractivity contribution >= 4 is 17.6 Å². The highest BCUT2D eigenvalue weighted by molar-refractivity contribution is 5.94. The summed E-state index contributed by atoms with van der Waals surface area (Å²) in [6.45, 7) is 5.14. The van der Waals surface area contributed by atoms with Crippen LogP contribution in [0.1, 0.15) is 35.7 Å². The van der Waals surface area contributed by atoms with E-state index in [1.165, 1.54) is 5.56 Å². The predicted molar refractivity (Wildman–Crippen MR) is 99.4 cm³/mol. The number of amides is 1. The van der Waals surface area contributed by atoms with Crippen LogP contribution in [-0.2, 0) is 0 Å². The molecule has 2 rings (SSSR count). The van der Waals surface area contributed by atoms with Gasteiger partial charge in [0.1, 0.15) is 0 Å². The molecule has 0 unspecified atom stereocenters. The van der Waals surface area contributed by atoms with Crippen LogP contribution in [0.15, 0.2) is 59.6 Å². The van der Waals surface area contributed by atoms with Gasteiger partial charge >= 0.3 is 0 Å². The maximum absolute atomic E-state index is 11.9. The van der Waals surface area contributed by atoms with Crippen LogP contribution in [0, 0.1) is 0 Å². The van der Waals surface area contributed by atoms with E-state index in [2.05, 4.69) is 41.6 Å². The lowest BCUT2D eigenvalue weighted by Crippen LogP contribution is -2.28. The molecule has 0 aliphatic rings. The van der Waals surface area contributed by atoms with Crippen molar-refractivity contribution in [1.82, 2.24) is 5.32 Å². The van der Waals surface area contributed by atoms with Crippen molar-refractivity contribution in [3.8, 4) is 0 Å². The molecule has 0 aliphatic carbocycles. The maximum Gasteiger partial charge on any atom is 0.251 e. The van der Waals surface area contributed by atoms with Crippen LogP contribution < -0.4 is 16.4 Å². The molecule has 126 valence electrons. The van der Waals surface area contributed by atoms with Crippen molar-refractivity contribution < 1.29 is 4.79 Å². The Hall–Kier alpha value is -2.82. The number of guanidine groups is 1. The number of hydrogen-bond donors (Lipinski definition) is 3. The molecule has 4 N–H and O–H groups in total. The quantitative estimate of drug-likeness (QED) is 0.434. The highest BCUT2D eigenvalue weighted by Gasteiger charge is 2.03. The third-order valence-corrected chi connectivity index (χ3v) is 3.54. The Bertz CT molecular complexity index is 696. The van der Waals surface area contributed by atoms with Crippen molar-refractivity contribution in [3.63, 3.8) is 0 Å². The minimum atomic E-state index is -0.109. The van der Waals surface area contributed by atoms with E-state index in [9.17, 15) is 4.79 Å². The topological polar surface area (TPSA) is 79.5 Å². The zero-order valence-corrected chi connectivity index (χ0v) is 14.1. The van der Waals surface area contributed by atoms with Crippen LogP contribution in [-0.4, -0.2) is 25.0 Å². The van der Waals surface area contributed by atoms with Crippen molar-refractivity contribution in [1.29, 1.82) is 0 Å². The van der Waals surface area contributed by atoms with Gasteiger partial charge < -0.3 is 16.4 Å². The van der Waals surface area contributed by atoms with Gasteiger partial charge in [0.2, 0.25) is 0 Å². The van der Waals surface area contributed by atoms with E-state index in [1.54, 1.807) is 12.1 Å². The number of nitrogens with one attached hydrogen (secondary N) is 2. The number of nitrogens with zero attached hydrogens (tertiary/aromatic N) is 1. The molecule has 0 radical (unpaired) electrons. The fourth-order valence-corrected chi connectivity index (χ4v) is 2.20. The fraction of sp³-hybridized carbons (Fsp3) is 0.263. The molecule has 24 heavy (non-hydrogen) atoms. The van der Waals surface area contributed by atoms with Gasteiger partial charge in [-0.05, 0) is 35.7 Å². The Labute approximate surface area is 143 Å². The van der Waals surface area contributed by atoms with Crippen molar-refractivity contribution in [2.75, 3.05) is 18.4 Å². The second-order valence-corrected chi connectivity index (χ2v) is 5.79. The first-order valence-corrected chi connectivity index (χ1v) is 8.06. The van der Waals surface area contributed by atoms with Crippen LogP contribution >= 0.6 is 0 Å². The maximum atomic E-state index is 11.9. The number of nitrogens with two attached hydrogens (primary N) is 1. The Balaban J connectivity index is 1.80. The molecule has 0 bridgehead atoms. The van der Waals surface area contributed by atoms with Crippen molar-refractivity contribution in [2.45, 2.75) is 19.8 Å². The van der Waals surface area contributed by atoms with Gasteiger partial charge in [0.15, 0.2) is 5.96 Å². The summed E-state index contributed by atoms with van der Waals surface area (Å²) < 4.78 is 0. The van der Waals surface area contributed by atoms with Crippen molar-refractivity contribution in [3.05, 3.63) is 65.7 Å². The minimum Gasteiger partial charge on any atom is -0.370 e. The Morgan fingerprint density at radius 2 is 1.88 bits per heavy atom. The van der Waals surface area contributed by atoms with E-state index >= 15 is 0 Å². The number of carbonyl (C=O) groups is 1. The van der Waals surface area contributed by atoms with Crippen LogP contribution in [0.2, 0.25) is 0 Å². The molecule has 5 heteroatoms. The van der Waals surface area contributed by atoms with E-state index in [0.29, 0.717) is 30.5 Å².